The summed E-state index contributed by atoms with van der Waals surface area (Å²) in [6, 6.07) is 0. The zero-order valence-electron chi connectivity index (χ0n) is 8.60. The van der Waals surface area contributed by atoms with Crippen molar-refractivity contribution in [3.8, 4) is 0 Å². The quantitative estimate of drug-likeness (QED) is 0.550. The third kappa shape index (κ3) is 0.898. The molecule has 0 heterocycles. The lowest BCUT2D eigenvalue weighted by atomic mass is 9.75. The standard InChI is InChI=1S/C14H18/c1-3-11-5-9(1)7-13(11)14-8-10-2-4-12(14)6-10/h1-4,9-14H,5-8H2. The highest BCUT2D eigenvalue weighted by molar-refractivity contribution is 5.17. The van der Waals surface area contributed by atoms with Crippen LogP contribution in [0.15, 0.2) is 24.3 Å². The molecule has 4 bridgehead atoms. The van der Waals surface area contributed by atoms with Crippen molar-refractivity contribution in [3.05, 3.63) is 24.3 Å². The van der Waals surface area contributed by atoms with Gasteiger partial charge in [0.05, 0.1) is 0 Å². The van der Waals surface area contributed by atoms with Crippen molar-refractivity contribution in [3.63, 3.8) is 0 Å². The van der Waals surface area contributed by atoms with Crippen molar-refractivity contribution in [2.45, 2.75) is 25.7 Å². The van der Waals surface area contributed by atoms with E-state index in [1.165, 1.54) is 25.7 Å². The van der Waals surface area contributed by atoms with Crippen LogP contribution in [-0.2, 0) is 0 Å². The molecule has 0 heteroatoms. The second-order valence-electron chi connectivity index (χ2n) is 5.89. The number of rotatable bonds is 1. The summed E-state index contributed by atoms with van der Waals surface area (Å²) in [6.07, 6.45) is 16.0. The minimum atomic E-state index is 0.966. The fraction of sp³-hybridized carbons (Fsp3) is 0.714. The van der Waals surface area contributed by atoms with E-state index in [2.05, 4.69) is 24.3 Å². The SMILES string of the molecule is C1=CC2CC1CC2C1CC2C=CC1C2. The van der Waals surface area contributed by atoms with Crippen LogP contribution in [0.5, 0.6) is 0 Å². The lowest BCUT2D eigenvalue weighted by Crippen LogP contribution is -2.22. The molecule has 6 unspecified atom stereocenters. The average Bonchev–Trinajstić information content (AvgIpc) is 2.96. The highest BCUT2D eigenvalue weighted by Gasteiger charge is 2.46. The molecule has 0 saturated heterocycles. The van der Waals surface area contributed by atoms with Gasteiger partial charge in [0.2, 0.25) is 0 Å². The molecule has 0 radical (unpaired) electrons. The first-order valence-electron chi connectivity index (χ1n) is 6.27. The average molecular weight is 186 g/mol. The summed E-state index contributed by atoms with van der Waals surface area (Å²) < 4.78 is 0. The first kappa shape index (κ1) is 7.73. The molecule has 2 fully saturated rings. The molecule has 4 aliphatic rings. The lowest BCUT2D eigenvalue weighted by molar-refractivity contribution is 0.249. The highest BCUT2D eigenvalue weighted by atomic mass is 14.5. The van der Waals surface area contributed by atoms with E-state index in [9.17, 15) is 0 Å². The maximum atomic E-state index is 2.52. The Morgan fingerprint density at radius 3 is 1.36 bits per heavy atom. The summed E-state index contributed by atoms with van der Waals surface area (Å²) in [6.45, 7) is 0. The second kappa shape index (κ2) is 2.53. The van der Waals surface area contributed by atoms with Gasteiger partial charge in [-0.1, -0.05) is 24.3 Å². The van der Waals surface area contributed by atoms with Gasteiger partial charge in [-0.25, -0.2) is 0 Å². The number of allylic oxidation sites excluding steroid dienone is 4. The Morgan fingerprint density at radius 2 is 1.07 bits per heavy atom. The minimum Gasteiger partial charge on any atom is -0.0851 e. The van der Waals surface area contributed by atoms with Crippen LogP contribution in [0.4, 0.5) is 0 Å². The Kier molecular flexibility index (Phi) is 1.40. The van der Waals surface area contributed by atoms with Crippen LogP contribution in [0.3, 0.4) is 0 Å². The Morgan fingerprint density at radius 1 is 0.571 bits per heavy atom. The van der Waals surface area contributed by atoms with Gasteiger partial charge in [0.15, 0.2) is 0 Å². The van der Waals surface area contributed by atoms with Gasteiger partial charge < -0.3 is 0 Å². The molecule has 74 valence electrons. The topological polar surface area (TPSA) is 0 Å². The highest BCUT2D eigenvalue weighted by Crippen LogP contribution is 2.55. The van der Waals surface area contributed by atoms with Crippen molar-refractivity contribution in [2.24, 2.45) is 35.5 Å². The molecule has 0 spiro atoms. The molecule has 0 aliphatic heterocycles. The summed E-state index contributed by atoms with van der Waals surface area (Å²) in [7, 11) is 0. The summed E-state index contributed by atoms with van der Waals surface area (Å²) in [5.74, 6) is 5.99. The van der Waals surface area contributed by atoms with E-state index >= 15 is 0 Å². The van der Waals surface area contributed by atoms with E-state index in [4.69, 9.17) is 0 Å². The van der Waals surface area contributed by atoms with Gasteiger partial charge in [0, 0.05) is 0 Å². The van der Waals surface area contributed by atoms with E-state index in [0.29, 0.717) is 0 Å². The van der Waals surface area contributed by atoms with Crippen molar-refractivity contribution >= 4 is 0 Å². The summed E-state index contributed by atoms with van der Waals surface area (Å²) in [4.78, 5) is 0. The predicted molar refractivity (Wildman–Crippen MR) is 57.7 cm³/mol. The molecular weight excluding hydrogens is 168 g/mol. The molecule has 4 aliphatic carbocycles. The van der Waals surface area contributed by atoms with Gasteiger partial charge in [0.1, 0.15) is 0 Å². The zero-order valence-corrected chi connectivity index (χ0v) is 8.60. The monoisotopic (exact) mass is 186 g/mol. The molecule has 14 heavy (non-hydrogen) atoms. The van der Waals surface area contributed by atoms with Gasteiger partial charge in [-0.05, 0) is 61.2 Å². The smallest absolute Gasteiger partial charge is 0.0196 e. The van der Waals surface area contributed by atoms with Gasteiger partial charge in [-0.15, -0.1) is 0 Å². The number of hydrogen-bond donors (Lipinski definition) is 0. The fourth-order valence-corrected chi connectivity index (χ4v) is 4.63. The zero-order chi connectivity index (χ0) is 9.12. The Balaban J connectivity index is 1.60. The molecular formula is C14H18. The fourth-order valence-electron chi connectivity index (χ4n) is 4.63. The molecule has 0 amide bonds. The number of fused-ring (bicyclic) bond motifs is 4. The maximum absolute atomic E-state index is 2.52. The van der Waals surface area contributed by atoms with Gasteiger partial charge >= 0.3 is 0 Å². The van der Waals surface area contributed by atoms with Crippen LogP contribution < -0.4 is 0 Å². The maximum Gasteiger partial charge on any atom is -0.0196 e. The Hall–Kier alpha value is -0.520. The molecule has 2 saturated carbocycles. The van der Waals surface area contributed by atoms with Crippen LogP contribution in [0.2, 0.25) is 0 Å². The number of hydrogen-bond acceptors (Lipinski definition) is 0. The van der Waals surface area contributed by atoms with E-state index < -0.39 is 0 Å². The summed E-state index contributed by atoms with van der Waals surface area (Å²) in [5.41, 5.74) is 0. The predicted octanol–water partition coefficient (Wildman–Crippen LogP) is 3.41. The van der Waals surface area contributed by atoms with Crippen molar-refractivity contribution in [1.29, 1.82) is 0 Å². The lowest BCUT2D eigenvalue weighted by Gasteiger charge is -2.29. The van der Waals surface area contributed by atoms with Crippen LogP contribution in [0.25, 0.3) is 0 Å². The van der Waals surface area contributed by atoms with Gasteiger partial charge in [-0.2, -0.15) is 0 Å². The first-order chi connectivity index (χ1) is 6.90. The summed E-state index contributed by atoms with van der Waals surface area (Å²) >= 11 is 0. The van der Waals surface area contributed by atoms with E-state index in [1.807, 2.05) is 0 Å². The largest absolute Gasteiger partial charge is 0.0851 e. The second-order valence-corrected chi connectivity index (χ2v) is 5.89. The Bertz CT molecular complexity index is 280. The van der Waals surface area contributed by atoms with Crippen LogP contribution >= 0.6 is 0 Å². The molecule has 0 aromatic rings. The van der Waals surface area contributed by atoms with Gasteiger partial charge in [0.25, 0.3) is 0 Å². The molecule has 0 aromatic carbocycles. The molecule has 0 N–H and O–H groups in total. The molecule has 6 atom stereocenters. The van der Waals surface area contributed by atoms with Crippen LogP contribution in [0.1, 0.15) is 25.7 Å². The van der Waals surface area contributed by atoms with E-state index in [-0.39, 0.29) is 0 Å². The first-order valence-corrected chi connectivity index (χ1v) is 6.27. The molecule has 4 rings (SSSR count). The molecule has 0 nitrogen and oxygen atoms in total. The normalized spacial score (nSPS) is 57.7. The molecule has 0 aromatic heterocycles. The van der Waals surface area contributed by atoms with Crippen molar-refractivity contribution in [2.75, 3.05) is 0 Å². The van der Waals surface area contributed by atoms with Gasteiger partial charge in [-0.3, -0.25) is 0 Å². The van der Waals surface area contributed by atoms with E-state index in [0.717, 1.165) is 35.5 Å². The van der Waals surface area contributed by atoms with Crippen molar-refractivity contribution in [1.82, 2.24) is 0 Å². The third-order valence-electron chi connectivity index (χ3n) is 5.21. The summed E-state index contributed by atoms with van der Waals surface area (Å²) in [5, 5.41) is 0. The van der Waals surface area contributed by atoms with Crippen LogP contribution in [-0.4, -0.2) is 0 Å². The van der Waals surface area contributed by atoms with Crippen molar-refractivity contribution < 1.29 is 0 Å². The van der Waals surface area contributed by atoms with E-state index in [1.54, 1.807) is 0 Å². The minimum absolute atomic E-state index is 0.966. The van der Waals surface area contributed by atoms with Crippen LogP contribution in [0, 0.1) is 35.5 Å². The third-order valence-corrected chi connectivity index (χ3v) is 5.21. The Labute approximate surface area is 86.1 Å².